The van der Waals surface area contributed by atoms with Crippen molar-refractivity contribution in [3.05, 3.63) is 15.6 Å². The maximum atomic E-state index is 11.7. The standard InChI is InChI=1S/C16H27N5O2S/c1-5-23-16(22)21-10-8-20(9-11-21)15(17-4)18-7-6-14-12(2)19-13(3)24-14/h5-11H2,1-4H3,(H,17,18). The van der Waals surface area contributed by atoms with Crippen molar-refractivity contribution >= 4 is 23.4 Å². The van der Waals surface area contributed by atoms with Gasteiger partial charge in [0.2, 0.25) is 0 Å². The zero-order valence-corrected chi connectivity index (χ0v) is 15.8. The number of amides is 1. The van der Waals surface area contributed by atoms with E-state index in [9.17, 15) is 4.79 Å². The molecule has 8 heteroatoms. The normalized spacial score (nSPS) is 15.6. The number of aliphatic imine (C=N–C) groups is 1. The maximum absolute atomic E-state index is 11.7. The van der Waals surface area contributed by atoms with E-state index in [1.54, 1.807) is 23.3 Å². The van der Waals surface area contributed by atoms with Crippen LogP contribution in [0.4, 0.5) is 4.79 Å². The summed E-state index contributed by atoms with van der Waals surface area (Å²) < 4.78 is 5.05. The molecule has 0 atom stereocenters. The van der Waals surface area contributed by atoms with Gasteiger partial charge in [-0.1, -0.05) is 0 Å². The number of ether oxygens (including phenoxy) is 1. The number of aromatic nitrogens is 1. The highest BCUT2D eigenvalue weighted by Crippen LogP contribution is 2.17. The first-order valence-corrected chi connectivity index (χ1v) is 9.17. The molecule has 0 spiro atoms. The highest BCUT2D eigenvalue weighted by atomic mass is 32.1. The Kier molecular flexibility index (Phi) is 6.84. The summed E-state index contributed by atoms with van der Waals surface area (Å²) >= 11 is 1.75. The summed E-state index contributed by atoms with van der Waals surface area (Å²) in [6, 6.07) is 0. The van der Waals surface area contributed by atoms with E-state index in [1.807, 2.05) is 13.8 Å². The summed E-state index contributed by atoms with van der Waals surface area (Å²) in [5, 5.41) is 4.53. The first-order valence-electron chi connectivity index (χ1n) is 8.35. The second-order valence-corrected chi connectivity index (χ2v) is 6.93. The lowest BCUT2D eigenvalue weighted by molar-refractivity contribution is 0.0915. The van der Waals surface area contributed by atoms with Crippen LogP contribution in [0.5, 0.6) is 0 Å². The van der Waals surface area contributed by atoms with Crippen molar-refractivity contribution in [3.8, 4) is 0 Å². The lowest BCUT2D eigenvalue weighted by Crippen LogP contribution is -2.54. The summed E-state index contributed by atoms with van der Waals surface area (Å²) in [5.41, 5.74) is 1.12. The molecule has 2 rings (SSSR count). The highest BCUT2D eigenvalue weighted by Gasteiger charge is 2.23. The number of nitrogens with zero attached hydrogens (tertiary/aromatic N) is 4. The van der Waals surface area contributed by atoms with Gasteiger partial charge in [0.05, 0.1) is 17.3 Å². The molecule has 0 bridgehead atoms. The number of hydrogen-bond donors (Lipinski definition) is 1. The van der Waals surface area contributed by atoms with Crippen molar-refractivity contribution in [3.63, 3.8) is 0 Å². The van der Waals surface area contributed by atoms with Gasteiger partial charge in [0.25, 0.3) is 0 Å². The van der Waals surface area contributed by atoms with Crippen molar-refractivity contribution in [1.29, 1.82) is 0 Å². The van der Waals surface area contributed by atoms with Gasteiger partial charge in [0.15, 0.2) is 5.96 Å². The largest absolute Gasteiger partial charge is 0.450 e. The Balaban J connectivity index is 1.78. The lowest BCUT2D eigenvalue weighted by atomic mass is 10.3. The second kappa shape index (κ2) is 8.86. The van der Waals surface area contributed by atoms with E-state index in [0.717, 1.165) is 42.7 Å². The van der Waals surface area contributed by atoms with Gasteiger partial charge in [-0.2, -0.15) is 0 Å². The molecule has 1 N–H and O–H groups in total. The number of carbonyl (C=O) groups is 1. The molecule has 1 aliphatic heterocycles. The molecule has 0 aliphatic carbocycles. The number of guanidine groups is 1. The number of hydrogen-bond acceptors (Lipinski definition) is 5. The Bertz CT molecular complexity index is 579. The van der Waals surface area contributed by atoms with Gasteiger partial charge in [0, 0.05) is 51.1 Å². The number of rotatable bonds is 4. The van der Waals surface area contributed by atoms with Crippen LogP contribution >= 0.6 is 11.3 Å². The number of piperazine rings is 1. The van der Waals surface area contributed by atoms with Crippen molar-refractivity contribution < 1.29 is 9.53 Å². The molecule has 24 heavy (non-hydrogen) atoms. The number of thiazole rings is 1. The van der Waals surface area contributed by atoms with Gasteiger partial charge in [-0.3, -0.25) is 4.99 Å². The topological polar surface area (TPSA) is 70.1 Å². The lowest BCUT2D eigenvalue weighted by Gasteiger charge is -2.35. The van der Waals surface area contributed by atoms with Crippen LogP contribution in [0.1, 0.15) is 22.5 Å². The van der Waals surface area contributed by atoms with Crippen molar-refractivity contribution in [2.75, 3.05) is 46.4 Å². The van der Waals surface area contributed by atoms with E-state index in [2.05, 4.69) is 27.1 Å². The molecule has 0 saturated carbocycles. The molecule has 0 aromatic carbocycles. The number of nitrogens with one attached hydrogen (secondary N) is 1. The van der Waals surface area contributed by atoms with Crippen LogP contribution in [0.3, 0.4) is 0 Å². The Morgan fingerprint density at radius 1 is 1.29 bits per heavy atom. The van der Waals surface area contributed by atoms with Crippen LogP contribution in [-0.4, -0.2) is 73.2 Å². The molecule has 134 valence electrons. The van der Waals surface area contributed by atoms with Gasteiger partial charge >= 0.3 is 6.09 Å². The molecule has 1 fully saturated rings. The van der Waals surface area contributed by atoms with E-state index in [-0.39, 0.29) is 6.09 Å². The minimum Gasteiger partial charge on any atom is -0.450 e. The maximum Gasteiger partial charge on any atom is 0.409 e. The van der Waals surface area contributed by atoms with Crippen LogP contribution in [0.15, 0.2) is 4.99 Å². The predicted molar refractivity (Wildman–Crippen MR) is 96.8 cm³/mol. The predicted octanol–water partition coefficient (Wildman–Crippen LogP) is 1.65. The van der Waals surface area contributed by atoms with Crippen LogP contribution in [0.25, 0.3) is 0 Å². The van der Waals surface area contributed by atoms with Crippen molar-refractivity contribution in [2.24, 2.45) is 4.99 Å². The fourth-order valence-corrected chi connectivity index (χ4v) is 3.68. The molecular weight excluding hydrogens is 326 g/mol. The van der Waals surface area contributed by atoms with Gasteiger partial charge in [0.1, 0.15) is 0 Å². The Labute approximate surface area is 147 Å². The molecule has 1 aromatic rings. The average Bonchev–Trinajstić information content (AvgIpc) is 2.89. The quantitative estimate of drug-likeness (QED) is 0.658. The average molecular weight is 353 g/mol. The van der Waals surface area contributed by atoms with Gasteiger partial charge in [-0.05, 0) is 20.8 Å². The first-order chi connectivity index (χ1) is 11.5. The van der Waals surface area contributed by atoms with Crippen LogP contribution in [0.2, 0.25) is 0 Å². The Morgan fingerprint density at radius 2 is 1.96 bits per heavy atom. The Morgan fingerprint density at radius 3 is 2.50 bits per heavy atom. The summed E-state index contributed by atoms with van der Waals surface area (Å²) in [6.07, 6.45) is 0.718. The summed E-state index contributed by atoms with van der Waals surface area (Å²) in [6.45, 7) is 10.0. The summed E-state index contributed by atoms with van der Waals surface area (Å²) in [7, 11) is 1.79. The minimum atomic E-state index is -0.226. The first kappa shape index (κ1) is 18.5. The van der Waals surface area contributed by atoms with E-state index < -0.39 is 0 Å². The SMILES string of the molecule is CCOC(=O)N1CCN(C(=NC)NCCc2sc(C)nc2C)CC1. The van der Waals surface area contributed by atoms with Crippen LogP contribution in [0, 0.1) is 13.8 Å². The Hall–Kier alpha value is -1.83. The van der Waals surface area contributed by atoms with Crippen LogP contribution in [-0.2, 0) is 11.2 Å². The van der Waals surface area contributed by atoms with Crippen molar-refractivity contribution in [2.45, 2.75) is 27.2 Å². The smallest absolute Gasteiger partial charge is 0.409 e. The molecule has 7 nitrogen and oxygen atoms in total. The zero-order chi connectivity index (χ0) is 17.5. The van der Waals surface area contributed by atoms with E-state index in [1.165, 1.54) is 4.88 Å². The molecule has 0 radical (unpaired) electrons. The van der Waals surface area contributed by atoms with Gasteiger partial charge < -0.3 is 19.9 Å². The van der Waals surface area contributed by atoms with E-state index >= 15 is 0 Å². The molecule has 1 aromatic heterocycles. The molecule has 1 aliphatic rings. The minimum absolute atomic E-state index is 0.226. The molecule has 2 heterocycles. The third-order valence-electron chi connectivity index (χ3n) is 3.95. The monoisotopic (exact) mass is 353 g/mol. The highest BCUT2D eigenvalue weighted by molar-refractivity contribution is 7.11. The molecule has 0 unspecified atom stereocenters. The molecule has 1 saturated heterocycles. The number of carbonyl (C=O) groups excluding carboxylic acids is 1. The third kappa shape index (κ3) is 4.83. The van der Waals surface area contributed by atoms with Crippen molar-refractivity contribution in [1.82, 2.24) is 20.1 Å². The zero-order valence-electron chi connectivity index (χ0n) is 15.0. The summed E-state index contributed by atoms with van der Waals surface area (Å²) in [4.78, 5) is 25.8. The molecule has 1 amide bonds. The molecular formula is C16H27N5O2S. The van der Waals surface area contributed by atoms with E-state index in [4.69, 9.17) is 4.74 Å². The fraction of sp³-hybridized carbons (Fsp3) is 0.688. The fourth-order valence-electron chi connectivity index (χ4n) is 2.74. The van der Waals surface area contributed by atoms with Crippen LogP contribution < -0.4 is 5.32 Å². The van der Waals surface area contributed by atoms with Gasteiger partial charge in [-0.15, -0.1) is 11.3 Å². The van der Waals surface area contributed by atoms with Gasteiger partial charge in [-0.25, -0.2) is 9.78 Å². The van der Waals surface area contributed by atoms with E-state index in [0.29, 0.717) is 19.7 Å². The second-order valence-electron chi connectivity index (χ2n) is 5.64. The third-order valence-corrected chi connectivity index (χ3v) is 5.08. The summed E-state index contributed by atoms with van der Waals surface area (Å²) in [5.74, 6) is 0.886. The number of aryl methyl sites for hydroxylation is 2.